The zero-order chi connectivity index (χ0) is 13.9. The highest BCUT2D eigenvalue weighted by Gasteiger charge is 2.11. The van der Waals surface area contributed by atoms with Gasteiger partial charge in [-0.3, -0.25) is 14.8 Å². The highest BCUT2D eigenvalue weighted by molar-refractivity contribution is 9.10. The van der Waals surface area contributed by atoms with Gasteiger partial charge in [0, 0.05) is 27.1 Å². The molecule has 0 spiro atoms. The largest absolute Gasteiger partial charge is 0.347 e. The summed E-state index contributed by atoms with van der Waals surface area (Å²) in [5.74, 6) is -0.138. The first-order chi connectivity index (χ1) is 9.74. The topological polar surface area (TPSA) is 54.9 Å². The van der Waals surface area contributed by atoms with Crippen molar-refractivity contribution in [1.29, 1.82) is 0 Å². The van der Waals surface area contributed by atoms with E-state index >= 15 is 0 Å². The van der Waals surface area contributed by atoms with E-state index in [1.165, 1.54) is 0 Å². The Bertz CT molecular complexity index is 766. The molecule has 2 heterocycles. The molecule has 0 unspecified atom stereocenters. The van der Waals surface area contributed by atoms with E-state index in [0.29, 0.717) is 17.6 Å². The smallest absolute Gasteiger partial charge is 0.253 e. The molecule has 20 heavy (non-hydrogen) atoms. The number of hydrogen-bond donors (Lipinski definition) is 1. The fraction of sp³-hybridized carbons (Fsp3) is 0.0714. The first kappa shape index (κ1) is 13.2. The van der Waals surface area contributed by atoms with Crippen molar-refractivity contribution >= 4 is 44.2 Å². The van der Waals surface area contributed by atoms with Crippen LogP contribution in [0.5, 0.6) is 0 Å². The lowest BCUT2D eigenvalue weighted by Gasteiger charge is -2.05. The number of carbonyl (C=O) groups is 1. The lowest BCUT2D eigenvalue weighted by Crippen LogP contribution is -2.22. The maximum atomic E-state index is 12.3. The molecule has 0 aliphatic rings. The molecule has 2 aromatic heterocycles. The summed E-state index contributed by atoms with van der Waals surface area (Å²) in [6.45, 7) is 0.506. The number of aromatic nitrogens is 2. The normalized spacial score (nSPS) is 10.7. The van der Waals surface area contributed by atoms with Gasteiger partial charge in [-0.2, -0.15) is 0 Å². The van der Waals surface area contributed by atoms with Crippen molar-refractivity contribution in [2.24, 2.45) is 0 Å². The number of thiophene rings is 1. The molecule has 3 rings (SSSR count). The molecule has 1 amide bonds. The number of rotatable bonds is 3. The van der Waals surface area contributed by atoms with Crippen molar-refractivity contribution in [3.05, 3.63) is 57.0 Å². The van der Waals surface area contributed by atoms with Gasteiger partial charge in [0.2, 0.25) is 0 Å². The van der Waals surface area contributed by atoms with E-state index in [1.54, 1.807) is 29.8 Å². The number of para-hydroxylation sites is 1. The van der Waals surface area contributed by atoms with E-state index in [4.69, 9.17) is 0 Å². The summed E-state index contributed by atoms with van der Waals surface area (Å²) >= 11 is 5.00. The molecular weight excluding hydrogens is 338 g/mol. The number of amides is 1. The summed E-state index contributed by atoms with van der Waals surface area (Å²) in [4.78, 5) is 21.8. The van der Waals surface area contributed by atoms with Crippen molar-refractivity contribution in [1.82, 2.24) is 15.3 Å². The highest BCUT2D eigenvalue weighted by Crippen LogP contribution is 2.20. The zero-order valence-electron chi connectivity index (χ0n) is 10.3. The van der Waals surface area contributed by atoms with Crippen LogP contribution in [0, 0.1) is 0 Å². The summed E-state index contributed by atoms with van der Waals surface area (Å²) in [5, 5.41) is 4.89. The van der Waals surface area contributed by atoms with Gasteiger partial charge in [0.05, 0.1) is 17.6 Å². The number of halogens is 1. The minimum absolute atomic E-state index is 0.138. The number of nitrogens with one attached hydrogen (secondary N) is 1. The van der Waals surface area contributed by atoms with Gasteiger partial charge in [0.1, 0.15) is 5.52 Å². The Balaban J connectivity index is 1.82. The van der Waals surface area contributed by atoms with Gasteiger partial charge < -0.3 is 5.32 Å². The molecule has 0 bridgehead atoms. The molecule has 0 atom stereocenters. The average Bonchev–Trinajstić information content (AvgIpc) is 2.90. The number of nitrogens with zero attached hydrogens (tertiary/aromatic N) is 2. The molecule has 6 heteroatoms. The van der Waals surface area contributed by atoms with Crippen molar-refractivity contribution < 1.29 is 4.79 Å². The van der Waals surface area contributed by atoms with Gasteiger partial charge >= 0.3 is 0 Å². The molecule has 0 aliphatic heterocycles. The zero-order valence-corrected chi connectivity index (χ0v) is 12.7. The standard InChI is InChI=1S/C14H10BrN3OS/c15-9-6-10(20-8-9)7-18-14(19)11-2-1-3-12-13(11)17-5-4-16-12/h1-6,8H,7H2,(H,18,19). The molecule has 0 radical (unpaired) electrons. The maximum absolute atomic E-state index is 12.3. The van der Waals surface area contributed by atoms with Crippen LogP contribution in [0.3, 0.4) is 0 Å². The predicted octanol–water partition coefficient (Wildman–Crippen LogP) is 3.38. The van der Waals surface area contributed by atoms with E-state index in [2.05, 4.69) is 31.2 Å². The monoisotopic (exact) mass is 347 g/mol. The minimum Gasteiger partial charge on any atom is -0.347 e. The number of fused-ring (bicyclic) bond motifs is 1. The second kappa shape index (κ2) is 5.68. The van der Waals surface area contributed by atoms with E-state index in [9.17, 15) is 4.79 Å². The number of hydrogen-bond acceptors (Lipinski definition) is 4. The lowest BCUT2D eigenvalue weighted by molar-refractivity contribution is 0.0953. The van der Waals surface area contributed by atoms with E-state index in [1.807, 2.05) is 23.6 Å². The van der Waals surface area contributed by atoms with Crippen LogP contribution in [-0.4, -0.2) is 15.9 Å². The molecule has 1 aromatic carbocycles. The van der Waals surface area contributed by atoms with Crippen molar-refractivity contribution in [2.45, 2.75) is 6.54 Å². The van der Waals surface area contributed by atoms with Gasteiger partial charge in [0.25, 0.3) is 5.91 Å². The third-order valence-corrected chi connectivity index (χ3v) is 4.49. The summed E-state index contributed by atoms with van der Waals surface area (Å²) in [5.41, 5.74) is 1.89. The molecular formula is C14H10BrN3OS. The first-order valence-corrected chi connectivity index (χ1v) is 7.62. The summed E-state index contributed by atoms with van der Waals surface area (Å²) < 4.78 is 1.03. The third kappa shape index (κ3) is 2.71. The molecule has 100 valence electrons. The Morgan fingerprint density at radius 2 is 2.15 bits per heavy atom. The minimum atomic E-state index is -0.138. The Morgan fingerprint density at radius 3 is 2.95 bits per heavy atom. The van der Waals surface area contributed by atoms with Crippen LogP contribution in [0.25, 0.3) is 11.0 Å². The van der Waals surface area contributed by atoms with E-state index in [-0.39, 0.29) is 5.91 Å². The SMILES string of the molecule is O=C(NCc1cc(Br)cs1)c1cccc2nccnc12. The van der Waals surface area contributed by atoms with Crippen LogP contribution in [-0.2, 0) is 6.54 Å². The van der Waals surface area contributed by atoms with Crippen molar-refractivity contribution in [3.63, 3.8) is 0 Å². The van der Waals surface area contributed by atoms with Crippen molar-refractivity contribution in [3.8, 4) is 0 Å². The lowest BCUT2D eigenvalue weighted by atomic mass is 10.1. The number of benzene rings is 1. The quantitative estimate of drug-likeness (QED) is 0.790. The van der Waals surface area contributed by atoms with E-state index in [0.717, 1.165) is 14.9 Å². The van der Waals surface area contributed by atoms with Crippen LogP contribution in [0.1, 0.15) is 15.2 Å². The molecule has 0 aliphatic carbocycles. The molecule has 4 nitrogen and oxygen atoms in total. The van der Waals surface area contributed by atoms with E-state index < -0.39 is 0 Å². The Hall–Kier alpha value is -1.79. The Labute approximate surface area is 128 Å². The summed E-state index contributed by atoms with van der Waals surface area (Å²) in [6.07, 6.45) is 3.21. The van der Waals surface area contributed by atoms with Gasteiger partial charge in [-0.25, -0.2) is 0 Å². The third-order valence-electron chi connectivity index (χ3n) is 2.79. The summed E-state index contributed by atoms with van der Waals surface area (Å²) in [7, 11) is 0. The Morgan fingerprint density at radius 1 is 1.30 bits per heavy atom. The van der Waals surface area contributed by atoms with Crippen LogP contribution in [0.4, 0.5) is 0 Å². The average molecular weight is 348 g/mol. The fourth-order valence-corrected chi connectivity index (χ4v) is 3.28. The molecule has 0 fully saturated rings. The summed E-state index contributed by atoms with van der Waals surface area (Å²) in [6, 6.07) is 7.41. The van der Waals surface area contributed by atoms with Crippen LogP contribution in [0.2, 0.25) is 0 Å². The van der Waals surface area contributed by atoms with Gasteiger partial charge in [-0.05, 0) is 34.1 Å². The van der Waals surface area contributed by atoms with Gasteiger partial charge in [-0.1, -0.05) is 6.07 Å². The van der Waals surface area contributed by atoms with Gasteiger partial charge in [0.15, 0.2) is 0 Å². The van der Waals surface area contributed by atoms with Crippen LogP contribution >= 0.6 is 27.3 Å². The first-order valence-electron chi connectivity index (χ1n) is 5.95. The molecule has 0 saturated carbocycles. The number of carbonyl (C=O) groups excluding carboxylic acids is 1. The van der Waals surface area contributed by atoms with Crippen molar-refractivity contribution in [2.75, 3.05) is 0 Å². The van der Waals surface area contributed by atoms with Crippen LogP contribution in [0.15, 0.2) is 46.5 Å². The van der Waals surface area contributed by atoms with Gasteiger partial charge in [-0.15, -0.1) is 11.3 Å². The highest BCUT2D eigenvalue weighted by atomic mass is 79.9. The predicted molar refractivity (Wildman–Crippen MR) is 82.7 cm³/mol. The molecule has 3 aromatic rings. The molecule has 1 N–H and O–H groups in total. The maximum Gasteiger partial charge on any atom is 0.253 e. The van der Waals surface area contributed by atoms with Crippen LogP contribution < -0.4 is 5.32 Å². The fourth-order valence-electron chi connectivity index (χ4n) is 1.89. The Kier molecular flexibility index (Phi) is 3.75. The second-order valence-electron chi connectivity index (χ2n) is 4.14. The second-order valence-corrected chi connectivity index (χ2v) is 6.06. The molecule has 0 saturated heterocycles.